The van der Waals surface area contributed by atoms with Crippen LogP contribution in [-0.4, -0.2) is 4.98 Å². The first kappa shape index (κ1) is 9.96. The Morgan fingerprint density at radius 1 is 0.941 bits per heavy atom. The molecule has 0 radical (unpaired) electrons. The third-order valence-corrected chi connectivity index (χ3v) is 3.11. The zero-order valence-corrected chi connectivity index (χ0v) is 9.43. The van der Waals surface area contributed by atoms with E-state index in [1.54, 1.807) is 6.07 Å². The Bertz CT molecular complexity index is 540. The average molecular weight is 226 g/mol. The quantitative estimate of drug-likeness (QED) is 0.777. The first-order chi connectivity index (χ1) is 8.24. The lowest BCUT2D eigenvalue weighted by atomic mass is 10.1. The van der Waals surface area contributed by atoms with Crippen LogP contribution in [0, 0.1) is 0 Å². The van der Waals surface area contributed by atoms with Crippen LogP contribution in [-0.2, 0) is 13.1 Å². The Kier molecular flexibility index (Phi) is 2.14. The van der Waals surface area contributed by atoms with E-state index in [-0.39, 0.29) is 0 Å². The lowest BCUT2D eigenvalue weighted by molar-refractivity contribution is 0.858. The Balaban J connectivity index is 1.91. The van der Waals surface area contributed by atoms with Crippen molar-refractivity contribution >= 4 is 17.3 Å². The number of fused-ring (bicyclic) bond motifs is 1. The monoisotopic (exact) mass is 226 g/mol. The molecule has 0 atom stereocenters. The average Bonchev–Trinajstić information content (AvgIpc) is 2.76. The van der Waals surface area contributed by atoms with Crippen molar-refractivity contribution in [1.29, 1.82) is 0 Å². The molecule has 0 bridgehead atoms. The van der Waals surface area contributed by atoms with Gasteiger partial charge in [-0.1, -0.05) is 24.3 Å². The second kappa shape index (κ2) is 3.66. The van der Waals surface area contributed by atoms with Gasteiger partial charge in [-0.15, -0.1) is 0 Å². The summed E-state index contributed by atoms with van der Waals surface area (Å²) < 4.78 is 0. The van der Waals surface area contributed by atoms with Crippen LogP contribution in [0.25, 0.3) is 0 Å². The molecule has 2 aromatic rings. The molecule has 0 saturated carbocycles. The highest BCUT2D eigenvalue weighted by molar-refractivity contribution is 5.62. The molecule has 0 aliphatic carbocycles. The Labute approximate surface area is 99.9 Å². The van der Waals surface area contributed by atoms with Crippen molar-refractivity contribution in [3.05, 3.63) is 47.5 Å². The van der Waals surface area contributed by atoms with Crippen molar-refractivity contribution in [3.8, 4) is 0 Å². The number of benzene rings is 1. The predicted octanol–water partition coefficient (Wildman–Crippen LogP) is 1.77. The maximum absolute atomic E-state index is 5.73. The Morgan fingerprint density at radius 2 is 1.59 bits per heavy atom. The first-order valence-corrected chi connectivity index (χ1v) is 5.58. The number of pyridine rings is 1. The van der Waals surface area contributed by atoms with E-state index < -0.39 is 0 Å². The third kappa shape index (κ3) is 1.67. The van der Waals surface area contributed by atoms with Crippen molar-refractivity contribution in [3.63, 3.8) is 0 Å². The number of nitrogens with two attached hydrogens (primary N) is 2. The summed E-state index contributed by atoms with van der Waals surface area (Å²) in [7, 11) is 0. The smallest absolute Gasteiger partial charge is 0.149 e. The number of hydrogen-bond donors (Lipinski definition) is 2. The van der Waals surface area contributed by atoms with Crippen LogP contribution in [0.3, 0.4) is 0 Å². The largest absolute Gasteiger partial charge is 0.396 e. The maximum atomic E-state index is 5.73. The minimum atomic E-state index is 0.401. The van der Waals surface area contributed by atoms with Crippen molar-refractivity contribution in [2.75, 3.05) is 16.4 Å². The molecule has 1 aromatic carbocycles. The molecular formula is C13H14N4. The lowest BCUT2D eigenvalue weighted by Crippen LogP contribution is -2.16. The van der Waals surface area contributed by atoms with E-state index in [4.69, 9.17) is 11.5 Å². The normalized spacial score (nSPS) is 13.8. The molecule has 4 N–H and O–H groups in total. The van der Waals surface area contributed by atoms with E-state index in [0.717, 1.165) is 18.9 Å². The van der Waals surface area contributed by atoms with E-state index in [2.05, 4.69) is 34.1 Å². The Morgan fingerprint density at radius 3 is 2.18 bits per heavy atom. The summed E-state index contributed by atoms with van der Waals surface area (Å²) in [6.45, 7) is 1.76. The van der Waals surface area contributed by atoms with Crippen molar-refractivity contribution in [2.24, 2.45) is 0 Å². The molecule has 0 fully saturated rings. The number of aromatic nitrogens is 1. The molecule has 0 spiro atoms. The SMILES string of the molecule is Nc1ccc(N2Cc3ccccc3C2)nc1N. The van der Waals surface area contributed by atoms with Gasteiger partial charge in [0.05, 0.1) is 5.69 Å². The second-order valence-corrected chi connectivity index (χ2v) is 4.27. The predicted molar refractivity (Wildman–Crippen MR) is 69.4 cm³/mol. The van der Waals surface area contributed by atoms with Crippen LogP contribution in [0.5, 0.6) is 0 Å². The summed E-state index contributed by atoms with van der Waals surface area (Å²) in [6, 6.07) is 12.1. The van der Waals surface area contributed by atoms with E-state index >= 15 is 0 Å². The number of nitrogens with zero attached hydrogens (tertiary/aromatic N) is 2. The number of rotatable bonds is 1. The van der Waals surface area contributed by atoms with Gasteiger partial charge < -0.3 is 16.4 Å². The molecule has 17 heavy (non-hydrogen) atoms. The van der Waals surface area contributed by atoms with E-state index in [0.29, 0.717) is 11.5 Å². The zero-order valence-electron chi connectivity index (χ0n) is 9.43. The van der Waals surface area contributed by atoms with E-state index in [9.17, 15) is 0 Å². The molecule has 0 saturated heterocycles. The maximum Gasteiger partial charge on any atom is 0.149 e. The zero-order chi connectivity index (χ0) is 11.8. The summed E-state index contributed by atoms with van der Waals surface area (Å²) in [5.74, 6) is 1.28. The van der Waals surface area contributed by atoms with Gasteiger partial charge in [-0.25, -0.2) is 4.98 Å². The van der Waals surface area contributed by atoms with Gasteiger partial charge >= 0.3 is 0 Å². The van der Waals surface area contributed by atoms with Crippen LogP contribution >= 0.6 is 0 Å². The molecule has 86 valence electrons. The van der Waals surface area contributed by atoms with Crippen molar-refractivity contribution in [2.45, 2.75) is 13.1 Å². The fourth-order valence-corrected chi connectivity index (χ4v) is 2.15. The topological polar surface area (TPSA) is 68.2 Å². The first-order valence-electron chi connectivity index (χ1n) is 5.58. The summed E-state index contributed by atoms with van der Waals surface area (Å²) >= 11 is 0. The fraction of sp³-hybridized carbons (Fsp3) is 0.154. The van der Waals surface area contributed by atoms with Gasteiger partial charge in [0.25, 0.3) is 0 Å². The van der Waals surface area contributed by atoms with Crippen LogP contribution in [0.1, 0.15) is 11.1 Å². The van der Waals surface area contributed by atoms with Gasteiger partial charge in [0, 0.05) is 13.1 Å². The van der Waals surface area contributed by atoms with Gasteiger partial charge in [-0.3, -0.25) is 0 Å². The number of nitrogen functional groups attached to an aromatic ring is 2. The molecular weight excluding hydrogens is 212 g/mol. The van der Waals surface area contributed by atoms with Gasteiger partial charge in [0.2, 0.25) is 0 Å². The Hall–Kier alpha value is -2.23. The standard InChI is InChI=1S/C13H14N4/c14-11-5-6-12(16-13(11)15)17-7-9-3-1-2-4-10(9)8-17/h1-6H,7-8,14H2,(H2,15,16). The van der Waals surface area contributed by atoms with Crippen molar-refractivity contribution in [1.82, 2.24) is 4.98 Å². The highest BCUT2D eigenvalue weighted by Crippen LogP contribution is 2.28. The molecule has 2 heterocycles. The van der Waals surface area contributed by atoms with Crippen LogP contribution in [0.15, 0.2) is 36.4 Å². The molecule has 1 aromatic heterocycles. The molecule has 0 amide bonds. The highest BCUT2D eigenvalue weighted by Gasteiger charge is 2.19. The summed E-state index contributed by atoms with van der Waals surface area (Å²) in [5.41, 5.74) is 14.6. The molecule has 1 aliphatic rings. The van der Waals surface area contributed by atoms with Gasteiger partial charge in [-0.2, -0.15) is 0 Å². The van der Waals surface area contributed by atoms with E-state index in [1.807, 2.05) is 6.07 Å². The molecule has 0 unspecified atom stereocenters. The molecule has 1 aliphatic heterocycles. The third-order valence-electron chi connectivity index (χ3n) is 3.11. The molecule has 4 heteroatoms. The van der Waals surface area contributed by atoms with Gasteiger partial charge in [0.15, 0.2) is 0 Å². The molecule has 4 nitrogen and oxygen atoms in total. The van der Waals surface area contributed by atoms with Gasteiger partial charge in [0.1, 0.15) is 11.6 Å². The van der Waals surface area contributed by atoms with Crippen LogP contribution in [0.2, 0.25) is 0 Å². The van der Waals surface area contributed by atoms with Crippen LogP contribution in [0.4, 0.5) is 17.3 Å². The number of anilines is 3. The highest BCUT2D eigenvalue weighted by atomic mass is 15.2. The number of hydrogen-bond acceptors (Lipinski definition) is 4. The second-order valence-electron chi connectivity index (χ2n) is 4.27. The van der Waals surface area contributed by atoms with Crippen molar-refractivity contribution < 1.29 is 0 Å². The van der Waals surface area contributed by atoms with Gasteiger partial charge in [-0.05, 0) is 23.3 Å². The minimum Gasteiger partial charge on any atom is -0.396 e. The summed E-state index contributed by atoms with van der Waals surface area (Å²) in [6.07, 6.45) is 0. The lowest BCUT2D eigenvalue weighted by Gasteiger charge is -2.17. The fourth-order valence-electron chi connectivity index (χ4n) is 2.15. The summed E-state index contributed by atoms with van der Waals surface area (Å²) in [5, 5.41) is 0. The van der Waals surface area contributed by atoms with E-state index in [1.165, 1.54) is 11.1 Å². The molecule has 3 rings (SSSR count). The minimum absolute atomic E-state index is 0.401. The van der Waals surface area contributed by atoms with Crippen LogP contribution < -0.4 is 16.4 Å². The summed E-state index contributed by atoms with van der Waals surface area (Å²) in [4.78, 5) is 6.51.